The van der Waals surface area contributed by atoms with E-state index in [1.165, 1.54) is 12.8 Å². The molecule has 0 radical (unpaired) electrons. The van der Waals surface area contributed by atoms with E-state index in [2.05, 4.69) is 31.1 Å². The summed E-state index contributed by atoms with van der Waals surface area (Å²) in [6.45, 7) is 0. The Balaban J connectivity index is 1.71. The number of anilines is 1. The normalized spacial score (nSPS) is 24.3. The fraction of sp³-hybridized carbons (Fsp3) is 0.636. The minimum absolute atomic E-state index is 0.478. The van der Waals surface area contributed by atoms with Crippen molar-refractivity contribution in [2.45, 2.75) is 37.8 Å². The Labute approximate surface area is 105 Å². The molecule has 2 N–H and O–H groups in total. The molecule has 0 amide bonds. The molecule has 0 aliphatic heterocycles. The minimum atomic E-state index is 0.478. The van der Waals surface area contributed by atoms with E-state index >= 15 is 0 Å². The second kappa shape index (κ2) is 4.85. The summed E-state index contributed by atoms with van der Waals surface area (Å²) in [4.78, 5) is 4.14. The van der Waals surface area contributed by atoms with Gasteiger partial charge < -0.3 is 10.6 Å². The van der Waals surface area contributed by atoms with Crippen LogP contribution in [0.15, 0.2) is 12.4 Å². The van der Waals surface area contributed by atoms with Gasteiger partial charge in [-0.25, -0.2) is 0 Å². The Hall–Kier alpha value is -1.76. The molecule has 2 aromatic rings. The minimum Gasteiger partial charge on any atom is -0.366 e. The lowest BCUT2D eigenvalue weighted by molar-refractivity contribution is 0.370. The summed E-state index contributed by atoms with van der Waals surface area (Å²) in [7, 11) is 2.03. The smallest absolute Gasteiger partial charge is 0.199 e. The van der Waals surface area contributed by atoms with Crippen LogP contribution in [0.25, 0.3) is 5.65 Å². The van der Waals surface area contributed by atoms with Crippen LogP contribution in [0.2, 0.25) is 0 Å². The van der Waals surface area contributed by atoms with Crippen LogP contribution in [-0.4, -0.2) is 44.2 Å². The molecule has 96 valence electrons. The van der Waals surface area contributed by atoms with Crippen molar-refractivity contribution in [1.82, 2.24) is 30.3 Å². The van der Waals surface area contributed by atoms with E-state index in [1.54, 1.807) is 16.9 Å². The Kier molecular flexibility index (Phi) is 3.06. The fourth-order valence-electron chi connectivity index (χ4n) is 2.51. The van der Waals surface area contributed by atoms with Crippen LogP contribution in [0.4, 0.5) is 5.82 Å². The second-order valence-electron chi connectivity index (χ2n) is 4.72. The third-order valence-corrected chi connectivity index (χ3v) is 3.60. The molecule has 7 nitrogen and oxygen atoms in total. The third kappa shape index (κ3) is 2.13. The van der Waals surface area contributed by atoms with Gasteiger partial charge in [0.05, 0.1) is 12.4 Å². The van der Waals surface area contributed by atoms with Crippen molar-refractivity contribution in [2.75, 3.05) is 12.4 Å². The maximum Gasteiger partial charge on any atom is 0.199 e. The van der Waals surface area contributed by atoms with E-state index < -0.39 is 0 Å². The predicted molar refractivity (Wildman–Crippen MR) is 67.3 cm³/mol. The molecule has 1 fully saturated rings. The molecule has 18 heavy (non-hydrogen) atoms. The van der Waals surface area contributed by atoms with Crippen molar-refractivity contribution in [1.29, 1.82) is 0 Å². The molecule has 1 aliphatic carbocycles. The van der Waals surface area contributed by atoms with Gasteiger partial charge in [0, 0.05) is 12.1 Å². The van der Waals surface area contributed by atoms with Crippen molar-refractivity contribution in [3.63, 3.8) is 0 Å². The number of nitrogens with zero attached hydrogens (tertiary/aromatic N) is 5. The molecule has 1 saturated carbocycles. The number of hydrogen-bond acceptors (Lipinski definition) is 6. The summed E-state index contributed by atoms with van der Waals surface area (Å²) >= 11 is 0. The lowest BCUT2D eigenvalue weighted by Crippen LogP contribution is -2.35. The summed E-state index contributed by atoms with van der Waals surface area (Å²) in [5.74, 6) is 0.866. The lowest BCUT2D eigenvalue weighted by atomic mass is 9.91. The first-order valence-corrected chi connectivity index (χ1v) is 6.32. The van der Waals surface area contributed by atoms with Gasteiger partial charge in [-0.2, -0.15) is 4.52 Å². The molecular weight excluding hydrogens is 230 g/mol. The first-order chi connectivity index (χ1) is 8.86. The fourth-order valence-corrected chi connectivity index (χ4v) is 2.51. The van der Waals surface area contributed by atoms with E-state index in [-0.39, 0.29) is 0 Å². The SMILES string of the molecule is CNC1CCC(Nc2cncc3nnnn23)CC1. The second-order valence-corrected chi connectivity index (χ2v) is 4.72. The van der Waals surface area contributed by atoms with Crippen molar-refractivity contribution < 1.29 is 0 Å². The van der Waals surface area contributed by atoms with E-state index in [0.717, 1.165) is 18.7 Å². The molecule has 3 rings (SSSR count). The molecule has 0 saturated heterocycles. The highest BCUT2D eigenvalue weighted by molar-refractivity contribution is 5.44. The first kappa shape index (κ1) is 11.3. The molecule has 0 unspecified atom stereocenters. The maximum absolute atomic E-state index is 4.14. The summed E-state index contributed by atoms with van der Waals surface area (Å²) in [6, 6.07) is 1.14. The van der Waals surface area contributed by atoms with Gasteiger partial charge >= 0.3 is 0 Å². The number of tetrazole rings is 1. The first-order valence-electron chi connectivity index (χ1n) is 6.32. The van der Waals surface area contributed by atoms with Gasteiger partial charge in [-0.15, -0.1) is 5.10 Å². The van der Waals surface area contributed by atoms with Crippen LogP contribution in [0.5, 0.6) is 0 Å². The molecule has 0 bridgehead atoms. The zero-order valence-corrected chi connectivity index (χ0v) is 10.4. The largest absolute Gasteiger partial charge is 0.366 e. The number of nitrogens with one attached hydrogen (secondary N) is 2. The number of aromatic nitrogens is 5. The third-order valence-electron chi connectivity index (χ3n) is 3.60. The van der Waals surface area contributed by atoms with Gasteiger partial charge in [-0.1, -0.05) is 0 Å². The van der Waals surface area contributed by atoms with E-state index in [1.807, 2.05) is 7.05 Å². The number of rotatable bonds is 3. The molecule has 0 atom stereocenters. The van der Waals surface area contributed by atoms with E-state index in [0.29, 0.717) is 17.7 Å². The molecule has 2 heterocycles. The van der Waals surface area contributed by atoms with Crippen LogP contribution < -0.4 is 10.6 Å². The molecule has 0 aromatic carbocycles. The van der Waals surface area contributed by atoms with Gasteiger partial charge in [-0.3, -0.25) is 4.98 Å². The summed E-state index contributed by atoms with van der Waals surface area (Å²) in [5.41, 5.74) is 0.670. The van der Waals surface area contributed by atoms with Crippen molar-refractivity contribution in [2.24, 2.45) is 0 Å². The zero-order chi connectivity index (χ0) is 12.4. The van der Waals surface area contributed by atoms with Crippen LogP contribution in [0, 0.1) is 0 Å². The lowest BCUT2D eigenvalue weighted by Gasteiger charge is -2.29. The molecule has 1 aliphatic rings. The van der Waals surface area contributed by atoms with Crippen molar-refractivity contribution in [3.8, 4) is 0 Å². The van der Waals surface area contributed by atoms with Gasteiger partial charge in [-0.05, 0) is 43.2 Å². The summed E-state index contributed by atoms with van der Waals surface area (Å²) in [5, 5.41) is 18.3. The van der Waals surface area contributed by atoms with Gasteiger partial charge in [0.25, 0.3) is 0 Å². The average Bonchev–Trinajstić information content (AvgIpc) is 2.89. The average molecular weight is 247 g/mol. The highest BCUT2D eigenvalue weighted by atomic mass is 15.5. The van der Waals surface area contributed by atoms with Gasteiger partial charge in [0.1, 0.15) is 0 Å². The Morgan fingerprint density at radius 1 is 1.17 bits per heavy atom. The number of hydrogen-bond donors (Lipinski definition) is 2. The molecule has 7 heteroatoms. The highest BCUT2D eigenvalue weighted by Crippen LogP contribution is 2.21. The molecular formula is C11H17N7. The maximum atomic E-state index is 4.14. The Morgan fingerprint density at radius 3 is 2.72 bits per heavy atom. The van der Waals surface area contributed by atoms with Crippen molar-refractivity contribution in [3.05, 3.63) is 12.4 Å². The predicted octanol–water partition coefficient (Wildman–Crippen LogP) is 0.462. The molecule has 0 spiro atoms. The monoisotopic (exact) mass is 247 g/mol. The van der Waals surface area contributed by atoms with Gasteiger partial charge in [0.2, 0.25) is 0 Å². The molecule has 2 aromatic heterocycles. The Bertz CT molecular complexity index is 515. The topological polar surface area (TPSA) is 80.0 Å². The summed E-state index contributed by atoms with van der Waals surface area (Å²) in [6.07, 6.45) is 8.14. The van der Waals surface area contributed by atoms with E-state index in [4.69, 9.17) is 0 Å². The highest BCUT2D eigenvalue weighted by Gasteiger charge is 2.20. The standard InChI is InChI=1S/C11H17N7/c1-12-8-2-4-9(5-3-8)14-10-6-13-7-11-15-16-17-18(10)11/h6-9,12,14H,2-5H2,1H3. The van der Waals surface area contributed by atoms with E-state index in [9.17, 15) is 0 Å². The van der Waals surface area contributed by atoms with Crippen LogP contribution in [0.1, 0.15) is 25.7 Å². The van der Waals surface area contributed by atoms with Crippen LogP contribution >= 0.6 is 0 Å². The van der Waals surface area contributed by atoms with Gasteiger partial charge in [0.15, 0.2) is 11.5 Å². The van der Waals surface area contributed by atoms with Crippen LogP contribution in [0.3, 0.4) is 0 Å². The van der Waals surface area contributed by atoms with Crippen LogP contribution in [-0.2, 0) is 0 Å². The zero-order valence-electron chi connectivity index (χ0n) is 10.4. The number of fused-ring (bicyclic) bond motifs is 1. The van der Waals surface area contributed by atoms with Crippen molar-refractivity contribution >= 4 is 11.5 Å². The summed E-state index contributed by atoms with van der Waals surface area (Å²) < 4.78 is 1.69. The quantitative estimate of drug-likeness (QED) is 0.820. The Morgan fingerprint density at radius 2 is 1.94 bits per heavy atom.